The summed E-state index contributed by atoms with van der Waals surface area (Å²) in [5.41, 5.74) is 8.50. The summed E-state index contributed by atoms with van der Waals surface area (Å²) in [7, 11) is 0. The molecule has 21 heavy (non-hydrogen) atoms. The molecule has 2 aromatic rings. The molecule has 0 aliphatic heterocycles. The van der Waals surface area contributed by atoms with Crippen molar-refractivity contribution in [2.24, 2.45) is 11.1 Å². The van der Waals surface area contributed by atoms with Crippen LogP contribution in [0.3, 0.4) is 0 Å². The van der Waals surface area contributed by atoms with Gasteiger partial charge in [0.1, 0.15) is 5.75 Å². The summed E-state index contributed by atoms with van der Waals surface area (Å²) in [6.45, 7) is 1.46. The molecule has 1 fully saturated rings. The number of rotatable bonds is 5. The van der Waals surface area contributed by atoms with E-state index in [2.05, 4.69) is 17.1 Å². The summed E-state index contributed by atoms with van der Waals surface area (Å²) in [5.74, 6) is 0.924. The van der Waals surface area contributed by atoms with E-state index in [1.54, 1.807) is 0 Å². The van der Waals surface area contributed by atoms with Crippen LogP contribution in [0.25, 0.3) is 11.1 Å². The van der Waals surface area contributed by atoms with Crippen LogP contribution in [0.15, 0.2) is 48.8 Å². The Morgan fingerprint density at radius 3 is 2.19 bits per heavy atom. The van der Waals surface area contributed by atoms with Crippen molar-refractivity contribution in [1.82, 2.24) is 4.98 Å². The van der Waals surface area contributed by atoms with Crippen LogP contribution < -0.4 is 10.5 Å². The summed E-state index contributed by atoms with van der Waals surface area (Å²) in [6, 6.07) is 12.3. The number of nitrogens with zero attached hydrogens (tertiary/aromatic N) is 1. The lowest BCUT2D eigenvalue weighted by atomic mass is 9.87. The number of aromatic nitrogens is 1. The maximum Gasteiger partial charge on any atom is 0.119 e. The van der Waals surface area contributed by atoms with Crippen LogP contribution in [0.1, 0.15) is 25.7 Å². The molecule has 2 N–H and O–H groups in total. The molecule has 0 bridgehead atoms. The van der Waals surface area contributed by atoms with E-state index in [0.29, 0.717) is 0 Å². The van der Waals surface area contributed by atoms with Crippen molar-refractivity contribution in [1.29, 1.82) is 0 Å². The van der Waals surface area contributed by atoms with E-state index in [0.717, 1.165) is 18.9 Å². The molecule has 0 amide bonds. The number of ether oxygens (including phenoxy) is 1. The molecule has 0 saturated heterocycles. The summed E-state index contributed by atoms with van der Waals surface area (Å²) < 4.78 is 5.98. The maximum absolute atomic E-state index is 5.98. The van der Waals surface area contributed by atoms with Crippen LogP contribution in [-0.4, -0.2) is 18.1 Å². The van der Waals surface area contributed by atoms with Crippen molar-refractivity contribution >= 4 is 0 Å². The Morgan fingerprint density at radius 1 is 0.952 bits per heavy atom. The van der Waals surface area contributed by atoms with Crippen molar-refractivity contribution < 1.29 is 4.74 Å². The lowest BCUT2D eigenvalue weighted by molar-refractivity contribution is 0.157. The summed E-state index contributed by atoms with van der Waals surface area (Å²) in [4.78, 5) is 4.04. The second kappa shape index (κ2) is 6.27. The van der Waals surface area contributed by atoms with E-state index in [9.17, 15) is 0 Å². The second-order valence-electron chi connectivity index (χ2n) is 5.96. The molecule has 0 atom stereocenters. The Bertz CT molecular complexity index is 560. The van der Waals surface area contributed by atoms with Gasteiger partial charge in [-0.05, 0) is 48.2 Å². The molecule has 110 valence electrons. The average Bonchev–Trinajstić information content (AvgIpc) is 3.04. The first kappa shape index (κ1) is 14.1. The summed E-state index contributed by atoms with van der Waals surface area (Å²) in [6.07, 6.45) is 8.57. The molecule has 3 heteroatoms. The van der Waals surface area contributed by atoms with Crippen molar-refractivity contribution in [3.8, 4) is 16.9 Å². The zero-order chi connectivity index (χ0) is 14.5. The van der Waals surface area contributed by atoms with E-state index < -0.39 is 0 Å². The molecule has 1 aromatic carbocycles. The first-order valence-corrected chi connectivity index (χ1v) is 7.65. The Balaban J connectivity index is 1.65. The zero-order valence-electron chi connectivity index (χ0n) is 12.3. The van der Waals surface area contributed by atoms with Gasteiger partial charge in [-0.3, -0.25) is 4.98 Å². The first-order valence-electron chi connectivity index (χ1n) is 7.65. The standard InChI is InChI=1S/C18H22N2O/c19-13-18(9-1-2-10-18)14-21-17-5-3-15(4-6-17)16-7-11-20-12-8-16/h3-8,11-12H,1-2,9-10,13-14,19H2. The largest absolute Gasteiger partial charge is 0.493 e. The van der Waals surface area contributed by atoms with E-state index >= 15 is 0 Å². The van der Waals surface area contributed by atoms with E-state index in [4.69, 9.17) is 10.5 Å². The zero-order valence-corrected chi connectivity index (χ0v) is 12.3. The molecule has 3 nitrogen and oxygen atoms in total. The average molecular weight is 282 g/mol. The molecule has 0 spiro atoms. The quantitative estimate of drug-likeness (QED) is 0.910. The highest BCUT2D eigenvalue weighted by Crippen LogP contribution is 2.37. The fourth-order valence-corrected chi connectivity index (χ4v) is 3.06. The molecule has 0 radical (unpaired) electrons. The molecule has 1 aliphatic carbocycles. The Hall–Kier alpha value is -1.87. The molecular weight excluding hydrogens is 260 g/mol. The van der Waals surface area contributed by atoms with Gasteiger partial charge in [-0.1, -0.05) is 25.0 Å². The summed E-state index contributed by atoms with van der Waals surface area (Å²) in [5, 5.41) is 0. The monoisotopic (exact) mass is 282 g/mol. The van der Waals surface area contributed by atoms with Crippen molar-refractivity contribution in [3.63, 3.8) is 0 Å². The van der Waals surface area contributed by atoms with E-state index in [1.807, 2.05) is 36.7 Å². The fourth-order valence-electron chi connectivity index (χ4n) is 3.06. The van der Waals surface area contributed by atoms with Crippen LogP contribution in [0.2, 0.25) is 0 Å². The highest BCUT2D eigenvalue weighted by molar-refractivity contribution is 5.63. The number of pyridine rings is 1. The molecular formula is C18H22N2O. The second-order valence-corrected chi connectivity index (χ2v) is 5.96. The van der Waals surface area contributed by atoms with Crippen LogP contribution in [0.4, 0.5) is 0 Å². The lowest BCUT2D eigenvalue weighted by Crippen LogP contribution is -2.33. The van der Waals surface area contributed by atoms with Gasteiger partial charge in [0.05, 0.1) is 6.61 Å². The minimum absolute atomic E-state index is 0.198. The van der Waals surface area contributed by atoms with Gasteiger partial charge < -0.3 is 10.5 Å². The lowest BCUT2D eigenvalue weighted by Gasteiger charge is -2.27. The van der Waals surface area contributed by atoms with Gasteiger partial charge >= 0.3 is 0 Å². The Morgan fingerprint density at radius 2 is 1.57 bits per heavy atom. The van der Waals surface area contributed by atoms with Gasteiger partial charge in [-0.15, -0.1) is 0 Å². The van der Waals surface area contributed by atoms with Gasteiger partial charge in [0.25, 0.3) is 0 Å². The fraction of sp³-hybridized carbons (Fsp3) is 0.389. The van der Waals surface area contributed by atoms with Crippen LogP contribution in [-0.2, 0) is 0 Å². The third-order valence-electron chi connectivity index (χ3n) is 4.51. The van der Waals surface area contributed by atoms with E-state index in [-0.39, 0.29) is 5.41 Å². The van der Waals surface area contributed by atoms with E-state index in [1.165, 1.54) is 36.8 Å². The number of hydrogen-bond acceptors (Lipinski definition) is 3. The van der Waals surface area contributed by atoms with Crippen LogP contribution >= 0.6 is 0 Å². The maximum atomic E-state index is 5.98. The highest BCUT2D eigenvalue weighted by Gasteiger charge is 2.33. The minimum Gasteiger partial charge on any atom is -0.493 e. The first-order chi connectivity index (χ1) is 10.3. The number of benzene rings is 1. The van der Waals surface area contributed by atoms with Gasteiger partial charge in [-0.25, -0.2) is 0 Å². The Labute approximate surface area is 126 Å². The normalized spacial score (nSPS) is 16.8. The predicted octanol–water partition coefficient (Wildman–Crippen LogP) is 3.65. The minimum atomic E-state index is 0.198. The molecule has 1 heterocycles. The summed E-state index contributed by atoms with van der Waals surface area (Å²) >= 11 is 0. The molecule has 3 rings (SSSR count). The van der Waals surface area contributed by atoms with Gasteiger partial charge in [0, 0.05) is 24.4 Å². The number of nitrogens with two attached hydrogens (primary N) is 1. The molecule has 1 aromatic heterocycles. The van der Waals surface area contributed by atoms with Crippen LogP contribution in [0.5, 0.6) is 5.75 Å². The third kappa shape index (κ3) is 3.24. The SMILES string of the molecule is NCC1(COc2ccc(-c3ccncc3)cc2)CCCC1. The van der Waals surface area contributed by atoms with Gasteiger partial charge in [0.2, 0.25) is 0 Å². The Kier molecular flexibility index (Phi) is 4.20. The van der Waals surface area contributed by atoms with Crippen molar-refractivity contribution in [2.75, 3.05) is 13.2 Å². The van der Waals surface area contributed by atoms with Crippen molar-refractivity contribution in [2.45, 2.75) is 25.7 Å². The van der Waals surface area contributed by atoms with Crippen molar-refractivity contribution in [3.05, 3.63) is 48.8 Å². The molecule has 0 unspecified atom stereocenters. The molecule has 1 saturated carbocycles. The number of hydrogen-bond donors (Lipinski definition) is 1. The van der Waals surface area contributed by atoms with Gasteiger partial charge in [-0.2, -0.15) is 0 Å². The predicted molar refractivity (Wildman–Crippen MR) is 85.1 cm³/mol. The van der Waals surface area contributed by atoms with Gasteiger partial charge in [0.15, 0.2) is 0 Å². The third-order valence-corrected chi connectivity index (χ3v) is 4.51. The highest BCUT2D eigenvalue weighted by atomic mass is 16.5. The topological polar surface area (TPSA) is 48.1 Å². The molecule has 1 aliphatic rings. The van der Waals surface area contributed by atoms with Crippen LogP contribution in [0, 0.1) is 5.41 Å². The smallest absolute Gasteiger partial charge is 0.119 e.